The average Bonchev–Trinajstić information content (AvgIpc) is 2.19. The molecule has 2 nitrogen and oxygen atoms in total. The predicted molar refractivity (Wildman–Crippen MR) is 59.7 cm³/mol. The third-order valence-corrected chi connectivity index (χ3v) is 2.45. The third-order valence-electron chi connectivity index (χ3n) is 2.21. The molecule has 0 saturated carbocycles. The highest BCUT2D eigenvalue weighted by Crippen LogP contribution is 2.19. The molecule has 0 amide bonds. The molecule has 0 aromatic heterocycles. The summed E-state index contributed by atoms with van der Waals surface area (Å²) >= 11 is 5.92. The van der Waals surface area contributed by atoms with E-state index in [1.165, 1.54) is 5.56 Å². The van der Waals surface area contributed by atoms with E-state index in [2.05, 4.69) is 11.4 Å². The van der Waals surface area contributed by atoms with Crippen molar-refractivity contribution < 1.29 is 4.74 Å². The van der Waals surface area contributed by atoms with E-state index in [1.807, 2.05) is 25.2 Å². The molecule has 0 aliphatic heterocycles. The number of nitrogens with one attached hydrogen (secondary N) is 1. The summed E-state index contributed by atoms with van der Waals surface area (Å²) in [7, 11) is 3.66. The van der Waals surface area contributed by atoms with Gasteiger partial charge in [0.25, 0.3) is 0 Å². The van der Waals surface area contributed by atoms with Crippen LogP contribution in [-0.4, -0.2) is 20.8 Å². The van der Waals surface area contributed by atoms with E-state index < -0.39 is 0 Å². The second-order valence-corrected chi connectivity index (χ2v) is 3.61. The van der Waals surface area contributed by atoms with Gasteiger partial charge in [-0.3, -0.25) is 0 Å². The lowest BCUT2D eigenvalue weighted by atomic mass is 10.0. The number of rotatable bonds is 5. The van der Waals surface area contributed by atoms with E-state index in [4.69, 9.17) is 16.3 Å². The van der Waals surface area contributed by atoms with Gasteiger partial charge in [-0.25, -0.2) is 0 Å². The van der Waals surface area contributed by atoms with Gasteiger partial charge >= 0.3 is 0 Å². The molecule has 1 atom stereocenters. The molecule has 14 heavy (non-hydrogen) atoms. The SMILES string of the molecule is CNC(CCOC)c1cccc(Cl)c1. The molecule has 1 aromatic rings. The van der Waals surface area contributed by atoms with E-state index in [-0.39, 0.29) is 0 Å². The van der Waals surface area contributed by atoms with Crippen molar-refractivity contribution in [2.75, 3.05) is 20.8 Å². The van der Waals surface area contributed by atoms with Gasteiger partial charge in [-0.1, -0.05) is 23.7 Å². The van der Waals surface area contributed by atoms with Crippen molar-refractivity contribution in [2.24, 2.45) is 0 Å². The van der Waals surface area contributed by atoms with E-state index >= 15 is 0 Å². The van der Waals surface area contributed by atoms with Gasteiger partial charge in [-0.05, 0) is 31.2 Å². The first kappa shape index (κ1) is 11.5. The summed E-state index contributed by atoms with van der Waals surface area (Å²) in [6.45, 7) is 0.748. The summed E-state index contributed by atoms with van der Waals surface area (Å²) in [6, 6.07) is 8.22. The van der Waals surface area contributed by atoms with Crippen molar-refractivity contribution in [3.05, 3.63) is 34.9 Å². The molecular weight excluding hydrogens is 198 g/mol. The molecular formula is C11H16ClNO. The summed E-state index contributed by atoms with van der Waals surface area (Å²) in [5, 5.41) is 4.02. The van der Waals surface area contributed by atoms with Crippen molar-refractivity contribution >= 4 is 11.6 Å². The summed E-state index contributed by atoms with van der Waals surface area (Å²) < 4.78 is 5.05. The topological polar surface area (TPSA) is 21.3 Å². The fraction of sp³-hybridized carbons (Fsp3) is 0.455. The highest BCUT2D eigenvalue weighted by molar-refractivity contribution is 6.30. The fourth-order valence-corrected chi connectivity index (χ4v) is 1.64. The van der Waals surface area contributed by atoms with Gasteiger partial charge in [0, 0.05) is 24.8 Å². The minimum absolute atomic E-state index is 0.314. The van der Waals surface area contributed by atoms with Crippen LogP contribution in [-0.2, 0) is 4.74 Å². The third kappa shape index (κ3) is 3.29. The van der Waals surface area contributed by atoms with Gasteiger partial charge in [-0.15, -0.1) is 0 Å². The van der Waals surface area contributed by atoms with Gasteiger partial charge in [0.15, 0.2) is 0 Å². The standard InChI is InChI=1S/C11H16ClNO/c1-13-11(6-7-14-2)9-4-3-5-10(12)8-9/h3-5,8,11,13H,6-7H2,1-2H3. The first-order chi connectivity index (χ1) is 6.77. The number of hydrogen-bond acceptors (Lipinski definition) is 2. The Hall–Kier alpha value is -0.570. The zero-order valence-corrected chi connectivity index (χ0v) is 9.34. The minimum Gasteiger partial charge on any atom is -0.385 e. The first-order valence-corrected chi connectivity index (χ1v) is 5.07. The van der Waals surface area contributed by atoms with Crippen molar-refractivity contribution in [2.45, 2.75) is 12.5 Å². The lowest BCUT2D eigenvalue weighted by molar-refractivity contribution is 0.184. The Labute approximate surface area is 90.2 Å². The van der Waals surface area contributed by atoms with Crippen molar-refractivity contribution in [3.63, 3.8) is 0 Å². The molecule has 1 aromatic carbocycles. The maximum atomic E-state index is 5.92. The molecule has 1 unspecified atom stereocenters. The molecule has 1 N–H and O–H groups in total. The highest BCUT2D eigenvalue weighted by atomic mass is 35.5. The van der Waals surface area contributed by atoms with Gasteiger partial charge in [0.2, 0.25) is 0 Å². The molecule has 3 heteroatoms. The van der Waals surface area contributed by atoms with Crippen LogP contribution in [0, 0.1) is 0 Å². The van der Waals surface area contributed by atoms with Gasteiger partial charge in [-0.2, -0.15) is 0 Å². The zero-order chi connectivity index (χ0) is 10.4. The summed E-state index contributed by atoms with van der Waals surface area (Å²) in [5.41, 5.74) is 1.21. The average molecular weight is 214 g/mol. The Bertz CT molecular complexity index is 278. The molecule has 0 heterocycles. The number of hydrogen-bond donors (Lipinski definition) is 1. The molecule has 1 rings (SSSR count). The quantitative estimate of drug-likeness (QED) is 0.812. The fourth-order valence-electron chi connectivity index (χ4n) is 1.44. The van der Waals surface area contributed by atoms with Crippen LogP contribution in [0.25, 0.3) is 0 Å². The Kier molecular flexibility index (Phi) is 4.94. The van der Waals surface area contributed by atoms with Crippen LogP contribution in [0.1, 0.15) is 18.0 Å². The monoisotopic (exact) mass is 213 g/mol. The van der Waals surface area contributed by atoms with Gasteiger partial charge < -0.3 is 10.1 Å². The molecule has 78 valence electrons. The van der Waals surface area contributed by atoms with E-state index in [1.54, 1.807) is 7.11 Å². The largest absolute Gasteiger partial charge is 0.385 e. The lowest BCUT2D eigenvalue weighted by Gasteiger charge is -2.16. The molecule has 0 spiro atoms. The smallest absolute Gasteiger partial charge is 0.0480 e. The molecule has 0 fully saturated rings. The zero-order valence-electron chi connectivity index (χ0n) is 8.59. The van der Waals surface area contributed by atoms with Crippen molar-refractivity contribution in [1.82, 2.24) is 5.32 Å². The van der Waals surface area contributed by atoms with Crippen molar-refractivity contribution in [3.8, 4) is 0 Å². The van der Waals surface area contributed by atoms with Crippen LogP contribution in [0.2, 0.25) is 5.02 Å². The van der Waals surface area contributed by atoms with Crippen LogP contribution < -0.4 is 5.32 Å². The molecule has 0 saturated heterocycles. The van der Waals surface area contributed by atoms with Crippen LogP contribution >= 0.6 is 11.6 Å². The second kappa shape index (κ2) is 6.02. The normalized spacial score (nSPS) is 12.8. The van der Waals surface area contributed by atoms with E-state index in [0.717, 1.165) is 18.1 Å². The van der Waals surface area contributed by atoms with Crippen LogP contribution in [0.4, 0.5) is 0 Å². The molecule has 0 aliphatic carbocycles. The Morgan fingerprint density at radius 3 is 2.86 bits per heavy atom. The Balaban J connectivity index is 2.68. The Morgan fingerprint density at radius 2 is 2.29 bits per heavy atom. The predicted octanol–water partition coefficient (Wildman–Crippen LogP) is 2.64. The van der Waals surface area contributed by atoms with E-state index in [9.17, 15) is 0 Å². The van der Waals surface area contributed by atoms with E-state index in [0.29, 0.717) is 6.04 Å². The highest BCUT2D eigenvalue weighted by Gasteiger charge is 2.08. The Morgan fingerprint density at radius 1 is 1.50 bits per heavy atom. The van der Waals surface area contributed by atoms with Gasteiger partial charge in [0.1, 0.15) is 0 Å². The second-order valence-electron chi connectivity index (χ2n) is 3.18. The maximum Gasteiger partial charge on any atom is 0.0480 e. The van der Waals surface area contributed by atoms with Gasteiger partial charge in [0.05, 0.1) is 0 Å². The molecule has 0 aliphatic rings. The number of ether oxygens (including phenoxy) is 1. The summed E-state index contributed by atoms with van der Waals surface area (Å²) in [4.78, 5) is 0. The first-order valence-electron chi connectivity index (χ1n) is 4.69. The summed E-state index contributed by atoms with van der Waals surface area (Å²) in [6.07, 6.45) is 0.952. The minimum atomic E-state index is 0.314. The number of halogens is 1. The molecule has 0 bridgehead atoms. The number of methoxy groups -OCH3 is 1. The van der Waals surface area contributed by atoms with Crippen molar-refractivity contribution in [1.29, 1.82) is 0 Å². The van der Waals surface area contributed by atoms with Crippen LogP contribution in [0.5, 0.6) is 0 Å². The van der Waals surface area contributed by atoms with Crippen LogP contribution in [0.15, 0.2) is 24.3 Å². The number of benzene rings is 1. The van der Waals surface area contributed by atoms with Crippen LogP contribution in [0.3, 0.4) is 0 Å². The summed E-state index contributed by atoms with van der Waals surface area (Å²) in [5.74, 6) is 0. The maximum absolute atomic E-state index is 5.92. The lowest BCUT2D eigenvalue weighted by Crippen LogP contribution is -2.17. The molecule has 0 radical (unpaired) electrons.